The van der Waals surface area contributed by atoms with Gasteiger partial charge in [0.15, 0.2) is 5.13 Å². The molecule has 4 heterocycles. The lowest BCUT2D eigenvalue weighted by molar-refractivity contribution is -0.146. The van der Waals surface area contributed by atoms with E-state index in [1.54, 1.807) is 32.2 Å². The first-order valence-corrected chi connectivity index (χ1v) is 14.8. The van der Waals surface area contributed by atoms with E-state index in [1.165, 1.54) is 28.0 Å². The van der Waals surface area contributed by atoms with Gasteiger partial charge >= 0.3 is 6.09 Å². The second-order valence-corrected chi connectivity index (χ2v) is 12.9. The molecule has 0 aromatic carbocycles. The molecule has 11 nitrogen and oxygen atoms in total. The van der Waals surface area contributed by atoms with Crippen LogP contribution in [0.4, 0.5) is 9.93 Å². The number of aromatic nitrogens is 3. The number of ether oxygens (including phenoxy) is 1. The molecule has 3 amide bonds. The summed E-state index contributed by atoms with van der Waals surface area (Å²) in [5.41, 5.74) is 0.750. The van der Waals surface area contributed by atoms with Crippen LogP contribution in [0.2, 0.25) is 0 Å². The first kappa shape index (κ1) is 28.3. The molecular weight excluding hydrogens is 569 g/mol. The second-order valence-electron chi connectivity index (χ2n) is 9.31. The molecule has 0 aliphatic carbocycles. The summed E-state index contributed by atoms with van der Waals surface area (Å²) >= 11 is 7.92. The van der Waals surface area contributed by atoms with Crippen molar-refractivity contribution in [1.29, 1.82) is 0 Å². The van der Waals surface area contributed by atoms with Gasteiger partial charge in [0.05, 0.1) is 11.3 Å². The van der Waals surface area contributed by atoms with Crippen LogP contribution < -0.4 is 10.6 Å². The lowest BCUT2D eigenvalue weighted by Crippen LogP contribution is -2.70. The Kier molecular flexibility index (Phi) is 8.30. The molecule has 15 heteroatoms. The zero-order valence-electron chi connectivity index (χ0n) is 21.2. The summed E-state index contributed by atoms with van der Waals surface area (Å²) < 4.78 is 5.24. The topological polar surface area (TPSA) is 143 Å². The van der Waals surface area contributed by atoms with Crippen LogP contribution in [-0.2, 0) is 19.1 Å². The molecule has 1 fully saturated rings. The van der Waals surface area contributed by atoms with Crippen LogP contribution in [0, 0.1) is 6.92 Å². The standard InChI is InChI=1S/C23H26N6O5S4/c1-6-7-11(13-9-37-21(24-13)26-22(33)34-23(3,4)5)16(30)25-14-18(31)29-15(20(32)35)12(8-36-19(14)29)17-28-27-10(2)38-17/h7,9,14,19H,6,8H2,1-5H3,(H,25,30)(H,32,35)(H,24,26,33)/b11-7-/t14-,19-/m1/s1. The summed E-state index contributed by atoms with van der Waals surface area (Å²) in [6.07, 6.45) is 1.60. The van der Waals surface area contributed by atoms with Gasteiger partial charge in [0, 0.05) is 16.7 Å². The van der Waals surface area contributed by atoms with Gasteiger partial charge < -0.3 is 10.1 Å². The number of nitrogens with zero attached hydrogens (tertiary/aromatic N) is 4. The van der Waals surface area contributed by atoms with E-state index >= 15 is 0 Å². The van der Waals surface area contributed by atoms with E-state index in [9.17, 15) is 19.2 Å². The van der Waals surface area contributed by atoms with Gasteiger partial charge in [-0.05, 0) is 34.1 Å². The Labute approximate surface area is 236 Å². The number of thiazole rings is 1. The van der Waals surface area contributed by atoms with E-state index in [1.807, 2.05) is 13.8 Å². The SMILES string of the molecule is CC/C=C(\C(=O)N[C@@H]1C(=O)N2C(C(=O)S)=C(c3nnc(C)s3)CS[C@H]12)c1csc(NC(=O)OC(C)(C)C)n1. The number of amides is 3. The summed E-state index contributed by atoms with van der Waals surface area (Å²) in [7, 11) is 0. The van der Waals surface area contributed by atoms with Crippen molar-refractivity contribution in [3.8, 4) is 0 Å². The number of nitrogens with one attached hydrogen (secondary N) is 2. The van der Waals surface area contributed by atoms with Crippen molar-refractivity contribution in [1.82, 2.24) is 25.4 Å². The van der Waals surface area contributed by atoms with Crippen LogP contribution in [0.25, 0.3) is 11.1 Å². The molecule has 2 atom stereocenters. The maximum Gasteiger partial charge on any atom is 0.413 e. The number of thiol groups is 1. The van der Waals surface area contributed by atoms with E-state index in [0.29, 0.717) is 28.4 Å². The first-order chi connectivity index (χ1) is 17.9. The third-order valence-corrected chi connectivity index (χ3v) is 8.43. The molecule has 0 unspecified atom stereocenters. The van der Waals surface area contributed by atoms with Gasteiger partial charge in [-0.2, -0.15) is 0 Å². The molecule has 2 aromatic heterocycles. The number of allylic oxidation sites excluding steroid dienone is 1. The molecule has 2 N–H and O–H groups in total. The molecule has 2 aromatic rings. The number of carbonyl (C=O) groups is 4. The van der Waals surface area contributed by atoms with Crippen LogP contribution >= 0.6 is 47.1 Å². The predicted octanol–water partition coefficient (Wildman–Crippen LogP) is 3.71. The van der Waals surface area contributed by atoms with E-state index in [0.717, 1.165) is 16.3 Å². The van der Waals surface area contributed by atoms with Crippen LogP contribution in [0.1, 0.15) is 49.8 Å². The summed E-state index contributed by atoms with van der Waals surface area (Å²) in [5.74, 6) is -0.471. The zero-order valence-corrected chi connectivity index (χ0v) is 24.6. The Balaban J connectivity index is 1.49. The van der Waals surface area contributed by atoms with Gasteiger partial charge in [0.25, 0.3) is 11.8 Å². The van der Waals surface area contributed by atoms with E-state index in [-0.39, 0.29) is 16.4 Å². The number of anilines is 1. The Morgan fingerprint density at radius 3 is 2.63 bits per heavy atom. The van der Waals surface area contributed by atoms with Crippen LogP contribution in [0.3, 0.4) is 0 Å². The molecule has 4 rings (SSSR count). The highest BCUT2D eigenvalue weighted by Crippen LogP contribution is 2.44. The van der Waals surface area contributed by atoms with Gasteiger partial charge in [-0.25, -0.2) is 9.78 Å². The monoisotopic (exact) mass is 594 g/mol. The molecule has 0 saturated carbocycles. The molecule has 0 bridgehead atoms. The summed E-state index contributed by atoms with van der Waals surface area (Å²) in [6, 6.07) is -0.828. The largest absolute Gasteiger partial charge is 0.444 e. The van der Waals surface area contributed by atoms with Crippen LogP contribution in [0.15, 0.2) is 17.2 Å². The number of fused-ring (bicyclic) bond motifs is 1. The molecule has 2 aliphatic heterocycles. The minimum atomic E-state index is -0.828. The first-order valence-electron chi connectivity index (χ1n) is 11.6. The highest BCUT2D eigenvalue weighted by Gasteiger charge is 2.54. The lowest BCUT2D eigenvalue weighted by atomic mass is 10.0. The fourth-order valence-electron chi connectivity index (χ4n) is 3.78. The average molecular weight is 595 g/mol. The summed E-state index contributed by atoms with van der Waals surface area (Å²) in [5, 5.41) is 15.7. The second kappa shape index (κ2) is 11.2. The van der Waals surface area contributed by atoms with Gasteiger partial charge in [-0.15, -0.1) is 33.3 Å². The third kappa shape index (κ3) is 5.95. The highest BCUT2D eigenvalue weighted by molar-refractivity contribution is 8.00. The normalized spacial score (nSPS) is 19.6. The average Bonchev–Trinajstić information content (AvgIpc) is 3.47. The minimum absolute atomic E-state index is 0.172. The lowest BCUT2D eigenvalue weighted by Gasteiger charge is -2.49. The van der Waals surface area contributed by atoms with Gasteiger partial charge in [-0.1, -0.05) is 37.0 Å². The summed E-state index contributed by atoms with van der Waals surface area (Å²) in [6.45, 7) is 8.94. The Hall–Kier alpha value is -2.75. The third-order valence-electron chi connectivity index (χ3n) is 5.28. The maximum absolute atomic E-state index is 13.3. The van der Waals surface area contributed by atoms with Crippen molar-refractivity contribution in [2.75, 3.05) is 11.1 Å². The minimum Gasteiger partial charge on any atom is -0.444 e. The van der Waals surface area contributed by atoms with E-state index < -0.39 is 40.0 Å². The molecule has 2 aliphatic rings. The van der Waals surface area contributed by atoms with Crippen molar-refractivity contribution < 1.29 is 23.9 Å². The number of β-lactam (4-membered cyclic amide) rings is 1. The van der Waals surface area contributed by atoms with Crippen LogP contribution in [-0.4, -0.2) is 65.9 Å². The van der Waals surface area contributed by atoms with Crippen molar-refractivity contribution in [2.24, 2.45) is 0 Å². The number of hydrogen-bond acceptors (Lipinski definition) is 11. The van der Waals surface area contributed by atoms with Gasteiger partial charge in [0.2, 0.25) is 5.12 Å². The molecular formula is C23H26N6O5S4. The van der Waals surface area contributed by atoms with E-state index in [2.05, 4.69) is 38.4 Å². The van der Waals surface area contributed by atoms with Crippen molar-refractivity contribution in [3.63, 3.8) is 0 Å². The Bertz CT molecular complexity index is 1360. The number of thioether (sulfide) groups is 1. The molecule has 202 valence electrons. The van der Waals surface area contributed by atoms with Gasteiger partial charge in [-0.3, -0.25) is 24.6 Å². The molecule has 1 saturated heterocycles. The smallest absolute Gasteiger partial charge is 0.413 e. The zero-order chi connectivity index (χ0) is 27.8. The summed E-state index contributed by atoms with van der Waals surface area (Å²) in [4.78, 5) is 56.6. The number of carbonyl (C=O) groups excluding carboxylic acids is 4. The predicted molar refractivity (Wildman–Crippen MR) is 151 cm³/mol. The fraction of sp³-hybridized carbons (Fsp3) is 0.435. The molecule has 0 spiro atoms. The molecule has 0 radical (unpaired) electrons. The van der Waals surface area contributed by atoms with Gasteiger partial charge in [0.1, 0.15) is 32.7 Å². The number of aryl methyl sites for hydroxylation is 1. The number of rotatable bonds is 7. The van der Waals surface area contributed by atoms with E-state index in [4.69, 9.17) is 4.74 Å². The van der Waals surface area contributed by atoms with Crippen LogP contribution in [0.5, 0.6) is 0 Å². The van der Waals surface area contributed by atoms with Crippen molar-refractivity contribution >= 4 is 86.4 Å². The maximum atomic E-state index is 13.3. The fourth-order valence-corrected chi connectivity index (χ4v) is 6.90. The number of hydrogen-bond donors (Lipinski definition) is 3. The van der Waals surface area contributed by atoms with Crippen molar-refractivity contribution in [3.05, 3.63) is 32.9 Å². The Morgan fingerprint density at radius 2 is 2.03 bits per heavy atom. The van der Waals surface area contributed by atoms with Crippen molar-refractivity contribution in [2.45, 2.75) is 58.1 Å². The highest BCUT2D eigenvalue weighted by atomic mass is 32.2. The Morgan fingerprint density at radius 1 is 1.29 bits per heavy atom. The molecule has 38 heavy (non-hydrogen) atoms. The quantitative estimate of drug-likeness (QED) is 0.248.